The Morgan fingerprint density at radius 2 is 1.71 bits per heavy atom. The summed E-state index contributed by atoms with van der Waals surface area (Å²) >= 11 is 0. The van der Waals surface area contributed by atoms with Crippen molar-refractivity contribution in [2.45, 2.75) is 32.7 Å². The summed E-state index contributed by atoms with van der Waals surface area (Å²) in [6, 6.07) is 5.73. The minimum Gasteiger partial charge on any atom is -0.493 e. The Bertz CT molecular complexity index is 1300. The number of fused-ring (bicyclic) bond motifs is 1. The number of aryl methyl sites for hydroxylation is 1. The van der Waals surface area contributed by atoms with Crippen molar-refractivity contribution in [3.63, 3.8) is 0 Å². The number of nitrogens with zero attached hydrogens (tertiary/aromatic N) is 5. The first-order chi connectivity index (χ1) is 17.1. The van der Waals surface area contributed by atoms with E-state index in [-0.39, 0.29) is 0 Å². The zero-order valence-electron chi connectivity index (χ0n) is 20.5. The van der Waals surface area contributed by atoms with Crippen LogP contribution in [0.25, 0.3) is 16.8 Å². The van der Waals surface area contributed by atoms with E-state index in [1.54, 1.807) is 27.7 Å². The minimum atomic E-state index is 0.536. The van der Waals surface area contributed by atoms with E-state index in [0.29, 0.717) is 40.3 Å². The summed E-state index contributed by atoms with van der Waals surface area (Å²) in [6.45, 7) is 4.86. The van der Waals surface area contributed by atoms with Gasteiger partial charge in [0.2, 0.25) is 5.75 Å². The molecule has 10 heteroatoms. The molecule has 184 valence electrons. The fourth-order valence-corrected chi connectivity index (χ4v) is 4.46. The second-order valence-corrected chi connectivity index (χ2v) is 8.56. The number of anilines is 2. The highest BCUT2D eigenvalue weighted by Gasteiger charge is 2.18. The Balaban J connectivity index is 1.42. The Morgan fingerprint density at radius 3 is 2.40 bits per heavy atom. The third-order valence-electron chi connectivity index (χ3n) is 6.14. The fourth-order valence-electron chi connectivity index (χ4n) is 4.46. The Kier molecular flexibility index (Phi) is 6.45. The predicted molar refractivity (Wildman–Crippen MR) is 132 cm³/mol. The molecule has 35 heavy (non-hydrogen) atoms. The van der Waals surface area contributed by atoms with Crippen molar-refractivity contribution < 1.29 is 18.6 Å². The van der Waals surface area contributed by atoms with Crippen LogP contribution in [0.2, 0.25) is 0 Å². The van der Waals surface area contributed by atoms with Gasteiger partial charge < -0.3 is 28.5 Å². The SMILES string of the molecule is COc1cc(-n2cnc(Nc3nc(C)nc4cc(CN5CCCCC5)oc34)c2)cc(OC)c1OC. The van der Waals surface area contributed by atoms with Gasteiger partial charge in [-0.15, -0.1) is 0 Å². The molecule has 4 aromatic rings. The van der Waals surface area contributed by atoms with E-state index in [1.807, 2.05) is 35.9 Å². The van der Waals surface area contributed by atoms with Gasteiger partial charge in [-0.25, -0.2) is 15.0 Å². The average molecular weight is 479 g/mol. The highest BCUT2D eigenvalue weighted by molar-refractivity contribution is 5.85. The summed E-state index contributed by atoms with van der Waals surface area (Å²) in [5, 5.41) is 3.30. The molecule has 0 aliphatic carbocycles. The first-order valence-electron chi connectivity index (χ1n) is 11.7. The van der Waals surface area contributed by atoms with Gasteiger partial charge in [-0.05, 0) is 32.9 Å². The fraction of sp³-hybridized carbons (Fsp3) is 0.400. The van der Waals surface area contributed by atoms with Gasteiger partial charge >= 0.3 is 0 Å². The van der Waals surface area contributed by atoms with Gasteiger partial charge in [0.1, 0.15) is 29.2 Å². The van der Waals surface area contributed by atoms with E-state index in [1.165, 1.54) is 19.3 Å². The number of methoxy groups -OCH3 is 3. The molecule has 1 N–H and O–H groups in total. The van der Waals surface area contributed by atoms with Crippen LogP contribution in [0.1, 0.15) is 30.8 Å². The lowest BCUT2D eigenvalue weighted by molar-refractivity contribution is 0.207. The molecule has 0 radical (unpaired) electrons. The van der Waals surface area contributed by atoms with Crippen molar-refractivity contribution in [1.82, 2.24) is 24.4 Å². The normalized spacial score (nSPS) is 14.3. The zero-order chi connectivity index (χ0) is 24.4. The molecule has 1 aliphatic heterocycles. The highest BCUT2D eigenvalue weighted by atomic mass is 16.5. The maximum absolute atomic E-state index is 6.20. The van der Waals surface area contributed by atoms with Crippen molar-refractivity contribution in [3.8, 4) is 22.9 Å². The Morgan fingerprint density at radius 1 is 0.971 bits per heavy atom. The summed E-state index contributed by atoms with van der Waals surface area (Å²) in [6.07, 6.45) is 7.35. The molecule has 0 bridgehead atoms. The molecule has 1 fully saturated rings. The molecule has 0 amide bonds. The summed E-state index contributed by atoms with van der Waals surface area (Å²) in [4.78, 5) is 16.1. The Hall–Kier alpha value is -3.79. The van der Waals surface area contributed by atoms with Gasteiger partial charge in [-0.3, -0.25) is 4.90 Å². The summed E-state index contributed by atoms with van der Waals surface area (Å²) in [7, 11) is 4.76. The second kappa shape index (κ2) is 9.83. The van der Waals surface area contributed by atoms with Crippen molar-refractivity contribution in [2.24, 2.45) is 0 Å². The van der Waals surface area contributed by atoms with Gasteiger partial charge in [-0.2, -0.15) is 0 Å². The van der Waals surface area contributed by atoms with Gasteiger partial charge in [0.15, 0.2) is 22.9 Å². The van der Waals surface area contributed by atoms with E-state index in [9.17, 15) is 0 Å². The van der Waals surface area contributed by atoms with Gasteiger partial charge in [0.05, 0.1) is 39.8 Å². The molecule has 0 saturated carbocycles. The minimum absolute atomic E-state index is 0.536. The molecule has 1 saturated heterocycles. The van der Waals surface area contributed by atoms with E-state index in [0.717, 1.165) is 36.6 Å². The topological polar surface area (TPSA) is 99.7 Å². The number of rotatable bonds is 8. The molecular formula is C25H30N6O4. The molecule has 0 unspecified atom stereocenters. The third kappa shape index (κ3) is 4.74. The number of nitrogens with one attached hydrogen (secondary N) is 1. The monoisotopic (exact) mass is 478 g/mol. The second-order valence-electron chi connectivity index (χ2n) is 8.56. The van der Waals surface area contributed by atoms with Crippen LogP contribution >= 0.6 is 0 Å². The van der Waals surface area contributed by atoms with Crippen molar-refractivity contribution in [1.29, 1.82) is 0 Å². The maximum Gasteiger partial charge on any atom is 0.203 e. The predicted octanol–water partition coefficient (Wildman–Crippen LogP) is 4.47. The molecule has 1 aromatic carbocycles. The number of aromatic nitrogens is 4. The van der Waals surface area contributed by atoms with Crippen LogP contribution in [-0.2, 0) is 6.54 Å². The quantitative estimate of drug-likeness (QED) is 0.393. The number of ether oxygens (including phenoxy) is 3. The smallest absolute Gasteiger partial charge is 0.203 e. The largest absolute Gasteiger partial charge is 0.493 e. The van der Waals surface area contributed by atoms with E-state index in [2.05, 4.69) is 25.2 Å². The zero-order valence-corrected chi connectivity index (χ0v) is 20.5. The highest BCUT2D eigenvalue weighted by Crippen LogP contribution is 2.39. The lowest BCUT2D eigenvalue weighted by Crippen LogP contribution is -2.28. The Labute approximate surface area is 203 Å². The van der Waals surface area contributed by atoms with Crippen LogP contribution < -0.4 is 19.5 Å². The van der Waals surface area contributed by atoms with E-state index in [4.69, 9.17) is 18.6 Å². The third-order valence-corrected chi connectivity index (χ3v) is 6.14. The molecule has 1 aliphatic rings. The molecule has 3 aromatic heterocycles. The number of benzene rings is 1. The van der Waals surface area contributed by atoms with E-state index < -0.39 is 0 Å². The van der Waals surface area contributed by atoms with Gasteiger partial charge in [0.25, 0.3) is 0 Å². The first kappa shape index (κ1) is 23.0. The van der Waals surface area contributed by atoms with Crippen LogP contribution in [0, 0.1) is 6.92 Å². The molecule has 4 heterocycles. The van der Waals surface area contributed by atoms with Crippen molar-refractivity contribution in [2.75, 3.05) is 39.7 Å². The average Bonchev–Trinajstić information content (AvgIpc) is 3.50. The number of imidazole rings is 1. The lowest BCUT2D eigenvalue weighted by atomic mass is 10.1. The molecule has 0 spiro atoms. The molecule has 0 atom stereocenters. The van der Waals surface area contributed by atoms with Crippen LogP contribution in [0.15, 0.2) is 35.1 Å². The molecular weight excluding hydrogens is 448 g/mol. The number of hydrogen-bond donors (Lipinski definition) is 1. The summed E-state index contributed by atoms with van der Waals surface area (Å²) in [5.41, 5.74) is 2.23. The number of likely N-dealkylation sites (tertiary alicyclic amines) is 1. The van der Waals surface area contributed by atoms with E-state index >= 15 is 0 Å². The number of hydrogen-bond acceptors (Lipinski definition) is 9. The van der Waals surface area contributed by atoms with Crippen LogP contribution in [-0.4, -0.2) is 58.8 Å². The standard InChI is InChI=1S/C25H30N6O4/c1-16-27-19-12-18(13-30-8-6-5-7-9-30)35-23(19)25(28-16)29-22-14-31(15-26-22)17-10-20(32-2)24(34-4)21(11-17)33-3/h10-12,14-15H,5-9,13H2,1-4H3,(H,27,28,29). The van der Waals surface area contributed by atoms with Gasteiger partial charge in [0, 0.05) is 18.2 Å². The number of furan rings is 1. The van der Waals surface area contributed by atoms with Gasteiger partial charge in [-0.1, -0.05) is 6.42 Å². The van der Waals surface area contributed by atoms with Crippen molar-refractivity contribution >= 4 is 22.7 Å². The summed E-state index contributed by atoms with van der Waals surface area (Å²) in [5.74, 6) is 4.43. The molecule has 5 rings (SSSR count). The summed E-state index contributed by atoms with van der Waals surface area (Å²) < 4.78 is 24.4. The molecule has 10 nitrogen and oxygen atoms in total. The van der Waals surface area contributed by atoms with Crippen molar-refractivity contribution in [3.05, 3.63) is 42.3 Å². The number of piperidine rings is 1. The van der Waals surface area contributed by atoms with Crippen LogP contribution in [0.5, 0.6) is 17.2 Å². The van der Waals surface area contributed by atoms with Crippen LogP contribution in [0.4, 0.5) is 11.6 Å². The maximum atomic E-state index is 6.20. The first-order valence-corrected chi connectivity index (χ1v) is 11.7. The lowest BCUT2D eigenvalue weighted by Gasteiger charge is -2.25. The van der Waals surface area contributed by atoms with Crippen LogP contribution in [0.3, 0.4) is 0 Å².